The van der Waals surface area contributed by atoms with Crippen LogP contribution in [0.15, 0.2) is 48.5 Å². The molecule has 0 spiro atoms. The van der Waals surface area contributed by atoms with E-state index in [1.165, 1.54) is 0 Å². The SMILES string of the molecule is CCN1CCCCCCN(C(=O)c2cccc(C)c2)[C@@H]2CCCC[C@@H]2Oc2ccccc2C1=O. The average Bonchev–Trinajstić information content (AvgIpc) is 2.86. The highest BCUT2D eigenvalue weighted by molar-refractivity contribution is 5.97. The highest BCUT2D eigenvalue weighted by Crippen LogP contribution is 2.31. The van der Waals surface area contributed by atoms with Gasteiger partial charge < -0.3 is 14.5 Å². The second-order valence-electron chi connectivity index (χ2n) is 9.67. The van der Waals surface area contributed by atoms with E-state index in [1.807, 2.05) is 67.3 Å². The molecule has 0 radical (unpaired) electrons. The minimum atomic E-state index is -0.116. The predicted molar refractivity (Wildman–Crippen MR) is 135 cm³/mol. The monoisotopic (exact) mass is 462 g/mol. The molecule has 1 aliphatic carbocycles. The quantitative estimate of drug-likeness (QED) is 0.561. The first kappa shape index (κ1) is 24.3. The van der Waals surface area contributed by atoms with Gasteiger partial charge in [-0.05, 0) is 70.2 Å². The molecule has 5 heteroatoms. The van der Waals surface area contributed by atoms with Crippen molar-refractivity contribution in [3.8, 4) is 5.75 Å². The largest absolute Gasteiger partial charge is 0.487 e. The van der Waals surface area contributed by atoms with E-state index in [4.69, 9.17) is 4.74 Å². The Labute approximate surface area is 204 Å². The van der Waals surface area contributed by atoms with Crippen LogP contribution in [0.5, 0.6) is 5.75 Å². The summed E-state index contributed by atoms with van der Waals surface area (Å²) >= 11 is 0. The van der Waals surface area contributed by atoms with Crippen LogP contribution < -0.4 is 4.74 Å². The van der Waals surface area contributed by atoms with Gasteiger partial charge in [0.15, 0.2) is 0 Å². The topological polar surface area (TPSA) is 49.9 Å². The van der Waals surface area contributed by atoms with Crippen molar-refractivity contribution in [3.05, 3.63) is 65.2 Å². The molecule has 2 amide bonds. The summed E-state index contributed by atoms with van der Waals surface area (Å²) < 4.78 is 6.61. The number of nitrogens with zero attached hydrogens (tertiary/aromatic N) is 2. The van der Waals surface area contributed by atoms with Crippen molar-refractivity contribution in [2.75, 3.05) is 19.6 Å². The number of hydrogen-bond donors (Lipinski definition) is 0. The van der Waals surface area contributed by atoms with E-state index in [9.17, 15) is 9.59 Å². The van der Waals surface area contributed by atoms with Crippen molar-refractivity contribution in [1.82, 2.24) is 9.80 Å². The van der Waals surface area contributed by atoms with Gasteiger partial charge in [0.1, 0.15) is 11.9 Å². The van der Waals surface area contributed by atoms with E-state index in [0.29, 0.717) is 17.9 Å². The number of para-hydroxylation sites is 1. The Morgan fingerprint density at radius 3 is 2.50 bits per heavy atom. The highest BCUT2D eigenvalue weighted by atomic mass is 16.5. The van der Waals surface area contributed by atoms with E-state index in [1.54, 1.807) is 0 Å². The number of benzene rings is 2. The lowest BCUT2D eigenvalue weighted by Gasteiger charge is -2.40. The fourth-order valence-electron chi connectivity index (χ4n) is 5.35. The number of rotatable bonds is 2. The predicted octanol–water partition coefficient (Wildman–Crippen LogP) is 5.86. The van der Waals surface area contributed by atoms with Crippen LogP contribution in [-0.2, 0) is 0 Å². The van der Waals surface area contributed by atoms with Crippen molar-refractivity contribution in [2.24, 2.45) is 0 Å². The highest BCUT2D eigenvalue weighted by Gasteiger charge is 2.35. The molecular weight excluding hydrogens is 424 g/mol. The second kappa shape index (κ2) is 11.5. The molecule has 0 unspecified atom stereocenters. The van der Waals surface area contributed by atoms with E-state index in [-0.39, 0.29) is 24.0 Å². The molecule has 0 aromatic heterocycles. The Morgan fingerprint density at radius 2 is 1.71 bits per heavy atom. The van der Waals surface area contributed by atoms with Gasteiger partial charge in [0, 0.05) is 25.2 Å². The van der Waals surface area contributed by atoms with Crippen molar-refractivity contribution in [3.63, 3.8) is 0 Å². The zero-order chi connectivity index (χ0) is 23.9. The second-order valence-corrected chi connectivity index (χ2v) is 9.67. The number of aryl methyl sites for hydroxylation is 1. The number of carbonyl (C=O) groups is 2. The molecule has 1 aliphatic heterocycles. The summed E-state index contributed by atoms with van der Waals surface area (Å²) in [4.78, 5) is 31.1. The van der Waals surface area contributed by atoms with Crippen LogP contribution in [0.25, 0.3) is 0 Å². The van der Waals surface area contributed by atoms with Crippen LogP contribution in [0.3, 0.4) is 0 Å². The molecule has 182 valence electrons. The van der Waals surface area contributed by atoms with Crippen molar-refractivity contribution < 1.29 is 14.3 Å². The molecule has 0 bridgehead atoms. The molecule has 1 fully saturated rings. The number of carbonyl (C=O) groups excluding carboxylic acids is 2. The maximum atomic E-state index is 13.7. The molecule has 4 rings (SSSR count). The van der Waals surface area contributed by atoms with Crippen molar-refractivity contribution in [2.45, 2.75) is 77.4 Å². The third-order valence-electron chi connectivity index (χ3n) is 7.24. The molecule has 0 N–H and O–H groups in total. The fraction of sp³-hybridized carbons (Fsp3) is 0.517. The lowest BCUT2D eigenvalue weighted by molar-refractivity contribution is 0.0267. The molecule has 2 atom stereocenters. The van der Waals surface area contributed by atoms with Crippen LogP contribution >= 0.6 is 0 Å². The summed E-state index contributed by atoms with van der Waals surface area (Å²) in [5.74, 6) is 0.774. The van der Waals surface area contributed by atoms with Gasteiger partial charge in [0.05, 0.1) is 11.6 Å². The molecule has 2 aromatic carbocycles. The summed E-state index contributed by atoms with van der Waals surface area (Å²) in [5.41, 5.74) is 2.47. The van der Waals surface area contributed by atoms with Gasteiger partial charge in [0.2, 0.25) is 0 Å². The van der Waals surface area contributed by atoms with Gasteiger partial charge in [-0.1, -0.05) is 49.1 Å². The van der Waals surface area contributed by atoms with E-state index in [0.717, 1.165) is 75.6 Å². The van der Waals surface area contributed by atoms with E-state index >= 15 is 0 Å². The Hall–Kier alpha value is -2.82. The minimum Gasteiger partial charge on any atom is -0.487 e. The van der Waals surface area contributed by atoms with Gasteiger partial charge in [0.25, 0.3) is 11.8 Å². The molecule has 2 aromatic rings. The van der Waals surface area contributed by atoms with Crippen molar-refractivity contribution >= 4 is 11.8 Å². The maximum absolute atomic E-state index is 13.7. The zero-order valence-corrected chi connectivity index (χ0v) is 20.7. The Morgan fingerprint density at radius 1 is 0.941 bits per heavy atom. The van der Waals surface area contributed by atoms with Crippen LogP contribution in [0.4, 0.5) is 0 Å². The third-order valence-corrected chi connectivity index (χ3v) is 7.24. The van der Waals surface area contributed by atoms with Gasteiger partial charge >= 0.3 is 0 Å². The molecule has 2 aliphatic rings. The zero-order valence-electron chi connectivity index (χ0n) is 20.7. The number of hydrogen-bond acceptors (Lipinski definition) is 3. The molecule has 1 heterocycles. The molecular formula is C29H38N2O3. The fourth-order valence-corrected chi connectivity index (χ4v) is 5.35. The number of amides is 2. The minimum absolute atomic E-state index is 0.00939. The standard InChI is InChI=1S/C29H38N2O3/c1-3-30-19-10-4-5-11-20-31(28(32)23-14-12-13-22(2)21-23)25-16-7-9-18-27(25)34-26-17-8-6-15-24(26)29(30)33/h6,8,12-15,17,21,25,27H,3-5,7,9-11,16,18-20H2,1-2H3/t25-,27+/m1/s1. The van der Waals surface area contributed by atoms with Crippen LogP contribution in [0, 0.1) is 6.92 Å². The van der Waals surface area contributed by atoms with Gasteiger partial charge in [-0.25, -0.2) is 0 Å². The Kier molecular flexibility index (Phi) is 8.25. The number of ether oxygens (including phenoxy) is 1. The first-order valence-corrected chi connectivity index (χ1v) is 13.0. The lowest BCUT2D eigenvalue weighted by atomic mass is 9.90. The summed E-state index contributed by atoms with van der Waals surface area (Å²) in [7, 11) is 0. The molecule has 34 heavy (non-hydrogen) atoms. The first-order valence-electron chi connectivity index (χ1n) is 13.0. The Balaban J connectivity index is 1.68. The van der Waals surface area contributed by atoms with Crippen molar-refractivity contribution in [1.29, 1.82) is 0 Å². The molecule has 0 saturated heterocycles. The van der Waals surface area contributed by atoms with Crippen LogP contribution in [-0.4, -0.2) is 53.4 Å². The summed E-state index contributed by atoms with van der Waals surface area (Å²) in [5, 5.41) is 0. The maximum Gasteiger partial charge on any atom is 0.257 e. The number of fused-ring (bicyclic) bond motifs is 2. The van der Waals surface area contributed by atoms with Gasteiger partial charge in [-0.15, -0.1) is 0 Å². The van der Waals surface area contributed by atoms with E-state index in [2.05, 4.69) is 4.90 Å². The smallest absolute Gasteiger partial charge is 0.257 e. The molecule has 1 saturated carbocycles. The summed E-state index contributed by atoms with van der Waals surface area (Å²) in [6.45, 7) is 6.26. The summed E-state index contributed by atoms with van der Waals surface area (Å²) in [6, 6.07) is 15.5. The first-order chi connectivity index (χ1) is 16.6. The third kappa shape index (κ3) is 5.63. The van der Waals surface area contributed by atoms with Gasteiger partial charge in [-0.3, -0.25) is 9.59 Å². The van der Waals surface area contributed by atoms with Crippen LogP contribution in [0.2, 0.25) is 0 Å². The molecule has 5 nitrogen and oxygen atoms in total. The van der Waals surface area contributed by atoms with E-state index < -0.39 is 0 Å². The summed E-state index contributed by atoms with van der Waals surface area (Å²) in [6.07, 6.45) is 7.92. The van der Waals surface area contributed by atoms with Crippen LogP contribution in [0.1, 0.15) is 84.6 Å². The normalized spacial score (nSPS) is 22.2. The average molecular weight is 463 g/mol. The Bertz CT molecular complexity index is 989. The van der Waals surface area contributed by atoms with Gasteiger partial charge in [-0.2, -0.15) is 0 Å². The lowest BCUT2D eigenvalue weighted by Crippen LogP contribution is -2.51.